The van der Waals surface area contributed by atoms with Gasteiger partial charge in [-0.05, 0) is 42.5 Å². The van der Waals surface area contributed by atoms with Crippen LogP contribution in [-0.2, 0) is 4.79 Å². The molecule has 0 saturated carbocycles. The number of aromatic nitrogens is 2. The maximum atomic E-state index is 12.5. The lowest BCUT2D eigenvalue weighted by Gasteiger charge is -2.04. The van der Waals surface area contributed by atoms with E-state index < -0.39 is 0 Å². The minimum absolute atomic E-state index is 0.0731. The molecule has 0 aliphatic carbocycles. The number of thioether (sulfide) groups is 2. The van der Waals surface area contributed by atoms with Crippen LogP contribution in [0.4, 0.5) is 0 Å². The summed E-state index contributed by atoms with van der Waals surface area (Å²) in [5.74, 6) is 1.05. The van der Waals surface area contributed by atoms with E-state index in [2.05, 4.69) is 31.2 Å². The van der Waals surface area contributed by atoms with Crippen molar-refractivity contribution in [3.05, 3.63) is 71.3 Å². The summed E-state index contributed by atoms with van der Waals surface area (Å²) in [7, 11) is 1.71. The Morgan fingerprint density at radius 3 is 2.52 bits per heavy atom. The Hall–Kier alpha value is -2.35. The van der Waals surface area contributed by atoms with E-state index in [4.69, 9.17) is 17.3 Å². The maximum Gasteiger partial charge on any atom is 0.265 e. The normalized spacial score (nSPS) is 15.3. The zero-order valence-corrected chi connectivity index (χ0v) is 19.9. The van der Waals surface area contributed by atoms with E-state index >= 15 is 0 Å². The van der Waals surface area contributed by atoms with Crippen molar-refractivity contribution in [2.24, 2.45) is 0 Å². The van der Waals surface area contributed by atoms with Gasteiger partial charge < -0.3 is 0 Å². The topological polar surface area (TPSA) is 38.1 Å². The molecule has 0 N–H and O–H groups in total. The SMILES string of the molecule is CCCCSc1ccc(-c2nn(-c3ccccc3)cc2C=C2SC(=S)N(C)C2=O)cc1. The number of thiocarbonyl (C=S) groups is 1. The first-order valence-electron chi connectivity index (χ1n) is 10.2. The number of carbonyl (C=O) groups is 1. The highest BCUT2D eigenvalue weighted by atomic mass is 32.2. The van der Waals surface area contributed by atoms with Crippen LogP contribution in [0.2, 0.25) is 0 Å². The summed E-state index contributed by atoms with van der Waals surface area (Å²) in [6.07, 6.45) is 6.29. The molecule has 1 amide bonds. The minimum Gasteiger partial charge on any atom is -0.296 e. The van der Waals surface area contributed by atoms with E-state index in [-0.39, 0.29) is 5.91 Å². The van der Waals surface area contributed by atoms with Crippen LogP contribution in [0.25, 0.3) is 23.0 Å². The molecule has 4 nitrogen and oxygen atoms in total. The molecular formula is C24H23N3OS3. The monoisotopic (exact) mass is 465 g/mol. The van der Waals surface area contributed by atoms with Gasteiger partial charge in [0.2, 0.25) is 0 Å². The van der Waals surface area contributed by atoms with Crippen LogP contribution in [0.5, 0.6) is 0 Å². The first-order valence-corrected chi connectivity index (χ1v) is 12.4. The van der Waals surface area contributed by atoms with Gasteiger partial charge in [-0.25, -0.2) is 4.68 Å². The summed E-state index contributed by atoms with van der Waals surface area (Å²) in [4.78, 5) is 15.9. The van der Waals surface area contributed by atoms with E-state index in [1.165, 1.54) is 34.4 Å². The summed E-state index contributed by atoms with van der Waals surface area (Å²) in [6, 6.07) is 18.5. The zero-order chi connectivity index (χ0) is 21.8. The quantitative estimate of drug-likeness (QED) is 0.178. The summed E-state index contributed by atoms with van der Waals surface area (Å²) in [5, 5.41) is 4.86. The lowest BCUT2D eigenvalue weighted by Crippen LogP contribution is -2.22. The van der Waals surface area contributed by atoms with Gasteiger partial charge in [-0.1, -0.05) is 67.7 Å². The highest BCUT2D eigenvalue weighted by Gasteiger charge is 2.29. The third kappa shape index (κ3) is 4.95. The van der Waals surface area contributed by atoms with Crippen LogP contribution in [0.3, 0.4) is 0 Å². The summed E-state index contributed by atoms with van der Waals surface area (Å²) >= 11 is 8.49. The second-order valence-electron chi connectivity index (χ2n) is 7.18. The van der Waals surface area contributed by atoms with Gasteiger partial charge in [-0.15, -0.1) is 11.8 Å². The smallest absolute Gasteiger partial charge is 0.265 e. The van der Waals surface area contributed by atoms with Crippen molar-refractivity contribution >= 4 is 52.0 Å². The highest BCUT2D eigenvalue weighted by molar-refractivity contribution is 8.26. The maximum absolute atomic E-state index is 12.5. The number of unbranched alkanes of at least 4 members (excludes halogenated alkanes) is 1. The lowest BCUT2D eigenvalue weighted by molar-refractivity contribution is -0.121. The van der Waals surface area contributed by atoms with Crippen LogP contribution in [0.15, 0.2) is 70.6 Å². The Morgan fingerprint density at radius 1 is 1.13 bits per heavy atom. The standard InChI is InChI=1S/C24H23N3OS3/c1-3-4-14-30-20-12-10-17(11-13-20)22-18(15-21-23(28)26(2)24(29)31-21)16-27(25-22)19-8-6-5-7-9-19/h5-13,15-16H,3-4,14H2,1-2H3. The number of hydrogen-bond acceptors (Lipinski definition) is 5. The number of amides is 1. The van der Waals surface area contributed by atoms with Crippen molar-refractivity contribution in [2.75, 3.05) is 12.8 Å². The molecule has 0 unspecified atom stereocenters. The fourth-order valence-corrected chi connectivity index (χ4v) is 5.33. The molecule has 7 heteroatoms. The fourth-order valence-electron chi connectivity index (χ4n) is 3.16. The van der Waals surface area contributed by atoms with Crippen LogP contribution < -0.4 is 0 Å². The number of para-hydroxylation sites is 1. The molecule has 1 aliphatic heterocycles. The Bertz CT molecular complexity index is 1120. The molecule has 0 atom stereocenters. The van der Waals surface area contributed by atoms with E-state index in [1.807, 2.05) is 59.0 Å². The third-order valence-electron chi connectivity index (χ3n) is 4.93. The van der Waals surface area contributed by atoms with Crippen LogP contribution >= 0.6 is 35.7 Å². The molecule has 4 rings (SSSR count). The largest absolute Gasteiger partial charge is 0.296 e. The second-order valence-corrected chi connectivity index (χ2v) is 10.0. The van der Waals surface area contributed by atoms with Gasteiger partial charge in [0, 0.05) is 29.3 Å². The number of carbonyl (C=O) groups excluding carboxylic acids is 1. The Balaban J connectivity index is 1.71. The second kappa shape index (κ2) is 9.85. The molecular weight excluding hydrogens is 442 g/mol. The van der Waals surface area contributed by atoms with E-state index in [1.54, 1.807) is 7.05 Å². The van der Waals surface area contributed by atoms with Gasteiger partial charge in [0.1, 0.15) is 4.32 Å². The fraction of sp³-hybridized carbons (Fsp3) is 0.208. The number of benzene rings is 2. The molecule has 31 heavy (non-hydrogen) atoms. The van der Waals surface area contributed by atoms with Gasteiger partial charge >= 0.3 is 0 Å². The predicted octanol–water partition coefficient (Wildman–Crippen LogP) is 6.26. The zero-order valence-electron chi connectivity index (χ0n) is 17.4. The Kier molecular flexibility index (Phi) is 6.95. The van der Waals surface area contributed by atoms with E-state index in [0.717, 1.165) is 28.3 Å². The molecule has 1 aliphatic rings. The van der Waals surface area contributed by atoms with Crippen LogP contribution in [-0.4, -0.2) is 37.7 Å². The lowest BCUT2D eigenvalue weighted by atomic mass is 10.1. The van der Waals surface area contributed by atoms with E-state index in [9.17, 15) is 4.79 Å². The van der Waals surface area contributed by atoms with Gasteiger partial charge in [0.25, 0.3) is 5.91 Å². The molecule has 1 aromatic heterocycles. The first kappa shape index (κ1) is 21.9. The van der Waals surface area contributed by atoms with Crippen molar-refractivity contribution in [2.45, 2.75) is 24.7 Å². The van der Waals surface area contributed by atoms with Crippen molar-refractivity contribution in [1.29, 1.82) is 0 Å². The molecule has 0 spiro atoms. The van der Waals surface area contributed by atoms with Crippen molar-refractivity contribution in [1.82, 2.24) is 14.7 Å². The number of rotatable bonds is 7. The summed E-state index contributed by atoms with van der Waals surface area (Å²) in [5.41, 5.74) is 3.73. The van der Waals surface area contributed by atoms with Crippen LogP contribution in [0, 0.1) is 0 Å². The Labute approximate surface area is 196 Å². The molecule has 1 saturated heterocycles. The molecule has 158 valence electrons. The molecule has 0 bridgehead atoms. The first-order chi connectivity index (χ1) is 15.1. The molecule has 3 aromatic rings. The van der Waals surface area contributed by atoms with Gasteiger partial charge in [-0.2, -0.15) is 5.10 Å². The third-order valence-corrected chi connectivity index (χ3v) is 7.51. The van der Waals surface area contributed by atoms with Crippen LogP contribution in [0.1, 0.15) is 25.3 Å². The average molecular weight is 466 g/mol. The summed E-state index contributed by atoms with van der Waals surface area (Å²) in [6.45, 7) is 2.21. The Morgan fingerprint density at radius 2 is 1.87 bits per heavy atom. The number of likely N-dealkylation sites (N-methyl/N-ethyl adjacent to an activating group) is 1. The average Bonchev–Trinajstić information content (AvgIpc) is 3.32. The molecule has 1 fully saturated rings. The van der Waals surface area contributed by atoms with Crippen molar-refractivity contribution in [3.8, 4) is 16.9 Å². The van der Waals surface area contributed by atoms with Gasteiger partial charge in [0.15, 0.2) is 0 Å². The van der Waals surface area contributed by atoms with E-state index in [0.29, 0.717) is 9.23 Å². The molecule has 2 aromatic carbocycles. The molecule has 0 radical (unpaired) electrons. The number of hydrogen-bond donors (Lipinski definition) is 0. The van der Waals surface area contributed by atoms with Crippen molar-refractivity contribution in [3.63, 3.8) is 0 Å². The van der Waals surface area contributed by atoms with Gasteiger partial charge in [-0.3, -0.25) is 9.69 Å². The minimum atomic E-state index is -0.0731. The number of nitrogens with zero attached hydrogens (tertiary/aromatic N) is 3. The highest BCUT2D eigenvalue weighted by Crippen LogP contribution is 2.34. The van der Waals surface area contributed by atoms with Crippen molar-refractivity contribution < 1.29 is 4.79 Å². The molecule has 2 heterocycles. The predicted molar refractivity (Wildman–Crippen MR) is 136 cm³/mol. The summed E-state index contributed by atoms with van der Waals surface area (Å²) < 4.78 is 2.43. The van der Waals surface area contributed by atoms with Gasteiger partial charge in [0.05, 0.1) is 16.3 Å².